The second-order valence-electron chi connectivity index (χ2n) is 4.93. The van der Waals surface area contributed by atoms with Gasteiger partial charge in [-0.15, -0.1) is 23.1 Å². The molecular weight excluding hydrogens is 274 g/mol. The van der Waals surface area contributed by atoms with E-state index in [0.29, 0.717) is 0 Å². The quantitative estimate of drug-likeness (QED) is 0.864. The minimum atomic E-state index is -0.335. The molecule has 0 radical (unpaired) electrons. The van der Waals surface area contributed by atoms with Crippen molar-refractivity contribution in [1.82, 2.24) is 4.98 Å². The first kappa shape index (κ1) is 13.2. The number of hydrogen-bond acceptors (Lipinski definition) is 4. The smallest absolute Gasteiger partial charge is 0.103 e. The highest BCUT2D eigenvalue weighted by atomic mass is 32.2. The van der Waals surface area contributed by atoms with Gasteiger partial charge in [-0.25, -0.2) is 4.98 Å². The molecule has 100 valence electrons. The summed E-state index contributed by atoms with van der Waals surface area (Å²) in [7, 11) is 0. The van der Waals surface area contributed by atoms with Crippen molar-refractivity contribution in [2.45, 2.75) is 42.9 Å². The summed E-state index contributed by atoms with van der Waals surface area (Å²) in [4.78, 5) is 7.18. The second-order valence-corrected chi connectivity index (χ2v) is 7.14. The highest BCUT2D eigenvalue weighted by molar-refractivity contribution is 7.98. The van der Waals surface area contributed by atoms with Crippen LogP contribution in [0.3, 0.4) is 0 Å². The van der Waals surface area contributed by atoms with Crippen LogP contribution in [0.5, 0.6) is 0 Å². The maximum Gasteiger partial charge on any atom is 0.103 e. The lowest BCUT2D eigenvalue weighted by molar-refractivity contribution is 0.153. The monoisotopic (exact) mass is 291 g/mol. The van der Waals surface area contributed by atoms with Gasteiger partial charge in [-0.1, -0.05) is 17.7 Å². The lowest BCUT2D eigenvalue weighted by Gasteiger charge is -2.14. The molecule has 3 rings (SSSR count). The first-order chi connectivity index (χ1) is 9.22. The topological polar surface area (TPSA) is 33.1 Å². The van der Waals surface area contributed by atoms with E-state index < -0.39 is 0 Å². The van der Waals surface area contributed by atoms with Gasteiger partial charge in [-0.2, -0.15) is 0 Å². The molecule has 0 saturated carbocycles. The molecule has 1 atom stereocenters. The molecular formula is C15H17NOS2. The predicted octanol–water partition coefficient (Wildman–Crippen LogP) is 4.11. The number of benzene rings is 1. The van der Waals surface area contributed by atoms with Crippen LogP contribution < -0.4 is 0 Å². The van der Waals surface area contributed by atoms with Crippen molar-refractivity contribution >= 4 is 23.1 Å². The molecule has 4 heteroatoms. The Hall–Kier alpha value is -0.840. The molecule has 0 bridgehead atoms. The van der Waals surface area contributed by atoms with Crippen LogP contribution in [0, 0.1) is 6.92 Å². The summed E-state index contributed by atoms with van der Waals surface area (Å²) in [6.07, 6.45) is 2.69. The first-order valence-corrected chi connectivity index (χ1v) is 8.38. The fourth-order valence-corrected chi connectivity index (χ4v) is 4.34. The van der Waals surface area contributed by atoms with E-state index in [-0.39, 0.29) is 6.10 Å². The summed E-state index contributed by atoms with van der Waals surface area (Å²) in [5, 5.41) is 11.1. The first-order valence-electron chi connectivity index (χ1n) is 6.58. The molecule has 1 aliphatic carbocycles. The summed E-state index contributed by atoms with van der Waals surface area (Å²) >= 11 is 3.58. The molecule has 0 amide bonds. The molecule has 0 aliphatic heterocycles. The average molecular weight is 291 g/mol. The Labute approximate surface area is 121 Å². The number of thiazole rings is 1. The van der Waals surface area contributed by atoms with Crippen LogP contribution in [-0.4, -0.2) is 10.1 Å². The molecule has 19 heavy (non-hydrogen) atoms. The van der Waals surface area contributed by atoms with Gasteiger partial charge >= 0.3 is 0 Å². The van der Waals surface area contributed by atoms with Crippen LogP contribution in [0.4, 0.5) is 0 Å². The second kappa shape index (κ2) is 5.65. The summed E-state index contributed by atoms with van der Waals surface area (Å²) in [5.41, 5.74) is 2.23. The van der Waals surface area contributed by atoms with Gasteiger partial charge in [-0.05, 0) is 38.3 Å². The lowest BCUT2D eigenvalue weighted by Crippen LogP contribution is -2.07. The van der Waals surface area contributed by atoms with Gasteiger partial charge in [0.1, 0.15) is 5.01 Å². The van der Waals surface area contributed by atoms with Crippen LogP contribution in [0.2, 0.25) is 0 Å². The number of aliphatic hydroxyl groups excluding tert-OH is 1. The van der Waals surface area contributed by atoms with E-state index >= 15 is 0 Å². The van der Waals surface area contributed by atoms with Crippen molar-refractivity contribution in [1.29, 1.82) is 0 Å². The fourth-order valence-electron chi connectivity index (χ4n) is 2.29. The van der Waals surface area contributed by atoms with Gasteiger partial charge in [-0.3, -0.25) is 0 Å². The number of fused-ring (bicyclic) bond motifs is 1. The molecule has 1 aromatic heterocycles. The zero-order valence-electron chi connectivity index (χ0n) is 10.9. The van der Waals surface area contributed by atoms with Gasteiger partial charge in [0, 0.05) is 9.77 Å². The molecule has 1 unspecified atom stereocenters. The van der Waals surface area contributed by atoms with Crippen molar-refractivity contribution in [2.75, 3.05) is 0 Å². The number of aromatic nitrogens is 1. The molecule has 1 aromatic carbocycles. The minimum Gasteiger partial charge on any atom is -0.387 e. The number of aryl methyl sites for hydroxylation is 2. The van der Waals surface area contributed by atoms with Crippen molar-refractivity contribution in [3.8, 4) is 0 Å². The standard InChI is InChI=1S/C15H17NOS2/c1-10-5-7-11(8-6-10)18-9-14-16-15-12(17)3-2-4-13(15)19-14/h5-8,12,17H,2-4,9H2,1H3. The van der Waals surface area contributed by atoms with Crippen LogP contribution in [0.1, 0.15) is 40.1 Å². The number of aliphatic hydroxyl groups is 1. The normalized spacial score (nSPS) is 18.3. The zero-order chi connectivity index (χ0) is 13.2. The maximum absolute atomic E-state index is 9.93. The SMILES string of the molecule is Cc1ccc(SCc2nc3c(s2)CCCC3O)cc1. The van der Waals surface area contributed by atoms with Crippen LogP contribution in [0.15, 0.2) is 29.2 Å². The third-order valence-corrected chi connectivity index (χ3v) is 5.69. The molecule has 1 heterocycles. The van der Waals surface area contributed by atoms with E-state index in [1.165, 1.54) is 15.3 Å². The molecule has 0 spiro atoms. The highest BCUT2D eigenvalue weighted by Crippen LogP contribution is 2.35. The van der Waals surface area contributed by atoms with Gasteiger partial charge in [0.15, 0.2) is 0 Å². The molecule has 1 aliphatic rings. The van der Waals surface area contributed by atoms with Crippen LogP contribution in [-0.2, 0) is 12.2 Å². The average Bonchev–Trinajstić information content (AvgIpc) is 2.83. The number of rotatable bonds is 3. The Morgan fingerprint density at radius 2 is 2.16 bits per heavy atom. The summed E-state index contributed by atoms with van der Waals surface area (Å²) in [6, 6.07) is 8.59. The molecule has 2 nitrogen and oxygen atoms in total. The fraction of sp³-hybridized carbons (Fsp3) is 0.400. The van der Waals surface area contributed by atoms with E-state index in [1.807, 2.05) is 11.8 Å². The van der Waals surface area contributed by atoms with E-state index in [9.17, 15) is 5.11 Å². The van der Waals surface area contributed by atoms with Crippen molar-refractivity contribution in [3.63, 3.8) is 0 Å². The Morgan fingerprint density at radius 1 is 1.37 bits per heavy atom. The summed E-state index contributed by atoms with van der Waals surface area (Å²) < 4.78 is 0. The van der Waals surface area contributed by atoms with Crippen LogP contribution >= 0.6 is 23.1 Å². The maximum atomic E-state index is 9.93. The van der Waals surface area contributed by atoms with E-state index in [2.05, 4.69) is 36.2 Å². The predicted molar refractivity (Wildman–Crippen MR) is 80.8 cm³/mol. The lowest BCUT2D eigenvalue weighted by atomic mass is 10.0. The Bertz CT molecular complexity index is 562. The number of nitrogens with zero attached hydrogens (tertiary/aromatic N) is 1. The Kier molecular flexibility index (Phi) is 3.91. The van der Waals surface area contributed by atoms with Crippen molar-refractivity contribution in [2.24, 2.45) is 0 Å². The van der Waals surface area contributed by atoms with E-state index in [1.54, 1.807) is 11.3 Å². The van der Waals surface area contributed by atoms with Crippen molar-refractivity contribution < 1.29 is 5.11 Å². The highest BCUT2D eigenvalue weighted by Gasteiger charge is 2.22. The molecule has 1 N–H and O–H groups in total. The minimum absolute atomic E-state index is 0.335. The van der Waals surface area contributed by atoms with Gasteiger partial charge in [0.25, 0.3) is 0 Å². The van der Waals surface area contributed by atoms with Gasteiger partial charge in [0.2, 0.25) is 0 Å². The summed E-state index contributed by atoms with van der Waals surface area (Å²) in [5.74, 6) is 0.896. The summed E-state index contributed by atoms with van der Waals surface area (Å²) in [6.45, 7) is 2.10. The molecule has 2 aromatic rings. The molecule has 0 fully saturated rings. The van der Waals surface area contributed by atoms with E-state index in [4.69, 9.17) is 0 Å². The van der Waals surface area contributed by atoms with Gasteiger partial charge < -0.3 is 5.11 Å². The third kappa shape index (κ3) is 3.02. The zero-order valence-corrected chi connectivity index (χ0v) is 12.6. The van der Waals surface area contributed by atoms with E-state index in [0.717, 1.165) is 35.7 Å². The van der Waals surface area contributed by atoms with Crippen LogP contribution in [0.25, 0.3) is 0 Å². The largest absolute Gasteiger partial charge is 0.387 e. The third-order valence-electron chi connectivity index (χ3n) is 3.35. The molecule has 0 saturated heterocycles. The van der Waals surface area contributed by atoms with Gasteiger partial charge in [0.05, 0.1) is 17.6 Å². The number of hydrogen-bond donors (Lipinski definition) is 1. The van der Waals surface area contributed by atoms with Crippen molar-refractivity contribution in [3.05, 3.63) is 45.4 Å². The number of thioether (sulfide) groups is 1. The Balaban J connectivity index is 1.69. The Morgan fingerprint density at radius 3 is 2.89 bits per heavy atom.